The molecule has 0 bridgehead atoms. The Hall–Kier alpha value is -0.631. The van der Waals surface area contributed by atoms with Crippen LogP contribution in [0.25, 0.3) is 0 Å². The number of carbonyl (C=O) groups excluding carboxylic acids is 1. The molecule has 0 radical (unpaired) electrons. The van der Waals surface area contributed by atoms with E-state index in [4.69, 9.17) is 15.6 Å². The molecule has 39 heavy (non-hydrogen) atoms. The average molecular weight is 652 g/mol. The summed E-state index contributed by atoms with van der Waals surface area (Å²) >= 11 is -2.97. The van der Waals surface area contributed by atoms with Crippen LogP contribution in [0, 0.1) is 29.1 Å². The number of hydrogen-bond donors (Lipinski definition) is 0. The third-order valence-electron chi connectivity index (χ3n) is 9.23. The molecule has 2 saturated heterocycles. The Morgan fingerprint density at radius 1 is 1.23 bits per heavy atom. The van der Waals surface area contributed by atoms with Crippen molar-refractivity contribution in [3.8, 4) is 0 Å². The summed E-state index contributed by atoms with van der Waals surface area (Å²) in [5.74, 6) is 1.42. The van der Waals surface area contributed by atoms with Crippen LogP contribution >= 0.6 is 0 Å². The van der Waals surface area contributed by atoms with Crippen molar-refractivity contribution < 1.29 is 20.4 Å². The third kappa shape index (κ3) is 9.18. The van der Waals surface area contributed by atoms with Gasteiger partial charge in [-0.25, -0.2) is 0 Å². The van der Waals surface area contributed by atoms with Gasteiger partial charge in [-0.3, -0.25) is 0 Å². The van der Waals surface area contributed by atoms with Crippen molar-refractivity contribution in [2.24, 2.45) is 29.1 Å². The molecule has 0 aromatic heterocycles. The van der Waals surface area contributed by atoms with Crippen molar-refractivity contribution in [1.29, 1.82) is 0 Å². The maximum absolute atomic E-state index is 12.9. The second kappa shape index (κ2) is 13.1. The molecular formula is C33H56O5Sn. The Labute approximate surface area is 244 Å². The summed E-state index contributed by atoms with van der Waals surface area (Å²) in [5.41, 5.74) is 0.755. The molecule has 0 N–H and O–H groups in total. The predicted octanol–water partition coefficient (Wildman–Crippen LogP) is 8.15. The monoisotopic (exact) mass is 652 g/mol. The van der Waals surface area contributed by atoms with Gasteiger partial charge in [0, 0.05) is 0 Å². The fraction of sp³-hybridized carbons (Fsp3) is 0.788. The van der Waals surface area contributed by atoms with Crippen LogP contribution in [0.15, 0.2) is 36.0 Å². The fourth-order valence-electron chi connectivity index (χ4n) is 6.23. The Morgan fingerprint density at radius 2 is 1.92 bits per heavy atom. The van der Waals surface area contributed by atoms with Gasteiger partial charge in [0.15, 0.2) is 0 Å². The first-order chi connectivity index (χ1) is 18.1. The van der Waals surface area contributed by atoms with Crippen LogP contribution in [-0.4, -0.2) is 55.2 Å². The summed E-state index contributed by atoms with van der Waals surface area (Å²) < 4.78 is 25.3. The van der Waals surface area contributed by atoms with Gasteiger partial charge in [-0.2, -0.15) is 0 Å². The van der Waals surface area contributed by atoms with Crippen LogP contribution in [0.5, 0.6) is 0 Å². The van der Waals surface area contributed by atoms with E-state index in [0.717, 1.165) is 24.8 Å². The molecule has 0 aromatic rings. The van der Waals surface area contributed by atoms with Crippen LogP contribution in [0.1, 0.15) is 94.4 Å². The number of rotatable bonds is 8. The predicted molar refractivity (Wildman–Crippen MR) is 162 cm³/mol. The SMILES string of the molecule is CCC(C)C(C)C1OC1CC(C)(C)/C=C/C=C(\C)C1OC(=O)CC(C)CCC2(C)[O][Sn]([CH3])([CH3])[O]C2/C=C/C1C. The normalized spacial score (nSPS) is 38.3. The van der Waals surface area contributed by atoms with E-state index in [0.29, 0.717) is 30.5 Å². The molecule has 0 aromatic carbocycles. The molecule has 0 saturated carbocycles. The first-order valence-corrected chi connectivity index (χ1v) is 23.4. The molecule has 9 atom stereocenters. The zero-order chi connectivity index (χ0) is 29.2. The summed E-state index contributed by atoms with van der Waals surface area (Å²) in [4.78, 5) is 17.3. The van der Waals surface area contributed by atoms with Crippen LogP contribution in [-0.2, 0) is 20.4 Å². The molecule has 3 heterocycles. The topological polar surface area (TPSA) is 57.3 Å². The van der Waals surface area contributed by atoms with Crippen LogP contribution in [0.3, 0.4) is 0 Å². The molecule has 0 spiro atoms. The van der Waals surface area contributed by atoms with Crippen molar-refractivity contribution >= 4 is 25.2 Å². The van der Waals surface area contributed by atoms with E-state index in [2.05, 4.69) is 103 Å². The van der Waals surface area contributed by atoms with Gasteiger partial charge in [0.2, 0.25) is 0 Å². The quantitative estimate of drug-likeness (QED) is 0.0872. The fourth-order valence-corrected chi connectivity index (χ4v) is 12.9. The van der Waals surface area contributed by atoms with Crippen LogP contribution in [0.2, 0.25) is 9.88 Å². The van der Waals surface area contributed by atoms with Crippen molar-refractivity contribution in [2.75, 3.05) is 0 Å². The molecule has 3 aliphatic heterocycles. The number of allylic oxidation sites excluding steroid dienone is 3. The molecule has 5 nitrogen and oxygen atoms in total. The van der Waals surface area contributed by atoms with Crippen LogP contribution < -0.4 is 0 Å². The van der Waals surface area contributed by atoms with Crippen molar-refractivity contribution in [3.05, 3.63) is 36.0 Å². The Balaban J connectivity index is 1.72. The molecule has 2 fully saturated rings. The van der Waals surface area contributed by atoms with E-state index in [1.165, 1.54) is 6.42 Å². The van der Waals surface area contributed by atoms with Gasteiger partial charge in [0.1, 0.15) is 0 Å². The molecule has 3 aliphatic rings. The molecule has 6 heteroatoms. The van der Waals surface area contributed by atoms with E-state index < -0.39 is 19.2 Å². The zero-order valence-corrected chi connectivity index (χ0v) is 29.4. The number of carbonyl (C=O) groups is 1. The summed E-state index contributed by atoms with van der Waals surface area (Å²) in [7, 11) is 0. The number of hydrogen-bond acceptors (Lipinski definition) is 5. The van der Waals surface area contributed by atoms with Gasteiger partial charge in [0.25, 0.3) is 0 Å². The van der Waals surface area contributed by atoms with E-state index in [1.807, 2.05) is 0 Å². The third-order valence-corrected chi connectivity index (χ3v) is 14.3. The van der Waals surface area contributed by atoms with Crippen molar-refractivity contribution in [3.63, 3.8) is 0 Å². The summed E-state index contributed by atoms with van der Waals surface area (Å²) in [6, 6.07) is 0. The number of cyclic esters (lactones) is 1. The van der Waals surface area contributed by atoms with Gasteiger partial charge in [-0.05, 0) is 11.8 Å². The standard InChI is InChI=1S/C31H50O5.2CH3.Sn/c1-10-21(3)24(6)29-25(35-29)19-30(7,8)16-11-12-22(4)28-23(5)13-14-26(32)31(9,34)17-15-20(2)18-27(33)36-28;;;/h11-14,16,20-21,23-26,28-29H,10,15,17-19H2,1-9H3;2*1H3;/q-2;;;+2/b14-13+,16-11+,22-12+;;;. The van der Waals surface area contributed by atoms with Crippen molar-refractivity contribution in [2.45, 2.75) is 134 Å². The second-order valence-corrected chi connectivity index (χ2v) is 23.4. The summed E-state index contributed by atoms with van der Waals surface area (Å²) in [6.45, 7) is 20.0. The number of epoxide rings is 1. The van der Waals surface area contributed by atoms with E-state index >= 15 is 0 Å². The molecule has 9 unspecified atom stereocenters. The Morgan fingerprint density at radius 3 is 2.59 bits per heavy atom. The maximum atomic E-state index is 12.9. The number of fused-ring (bicyclic) bond motifs is 1. The Kier molecular flexibility index (Phi) is 11.1. The average Bonchev–Trinajstić information content (AvgIpc) is 3.53. The second-order valence-electron chi connectivity index (χ2n) is 14.2. The van der Waals surface area contributed by atoms with E-state index in [1.54, 1.807) is 0 Å². The summed E-state index contributed by atoms with van der Waals surface area (Å²) in [6.07, 6.45) is 15.7. The van der Waals surface area contributed by atoms with Gasteiger partial charge < -0.3 is 4.74 Å². The van der Waals surface area contributed by atoms with Gasteiger partial charge in [-0.15, -0.1) is 0 Å². The van der Waals surface area contributed by atoms with Crippen LogP contribution in [0.4, 0.5) is 0 Å². The molecule has 0 aliphatic carbocycles. The molecule has 3 rings (SSSR count). The van der Waals surface area contributed by atoms with E-state index in [9.17, 15) is 4.79 Å². The van der Waals surface area contributed by atoms with Gasteiger partial charge in [-0.1, -0.05) is 27.2 Å². The zero-order valence-electron chi connectivity index (χ0n) is 26.6. The minimum atomic E-state index is -2.97. The molecular weight excluding hydrogens is 595 g/mol. The minimum absolute atomic E-state index is 0.0239. The Bertz CT molecular complexity index is 936. The first-order valence-electron chi connectivity index (χ1n) is 15.3. The molecule has 222 valence electrons. The number of ether oxygens (including phenoxy) is 2. The van der Waals surface area contributed by atoms with Crippen molar-refractivity contribution in [1.82, 2.24) is 0 Å². The molecule has 0 amide bonds. The first kappa shape index (κ1) is 32.9. The van der Waals surface area contributed by atoms with Gasteiger partial charge >= 0.3 is 189 Å². The van der Waals surface area contributed by atoms with Gasteiger partial charge in [0.05, 0.1) is 12.2 Å². The van der Waals surface area contributed by atoms with E-state index in [-0.39, 0.29) is 41.0 Å². The summed E-state index contributed by atoms with van der Waals surface area (Å²) in [5, 5.41) is 0. The number of esters is 1.